The zero-order chi connectivity index (χ0) is 14.3. The summed E-state index contributed by atoms with van der Waals surface area (Å²) in [7, 11) is 2.84. The molecule has 0 saturated heterocycles. The van der Waals surface area contributed by atoms with Crippen molar-refractivity contribution in [3.63, 3.8) is 0 Å². The second kappa shape index (κ2) is 7.50. The Morgan fingerprint density at radius 3 is 2.74 bits per heavy atom. The van der Waals surface area contributed by atoms with Gasteiger partial charge in [0.25, 0.3) is 0 Å². The van der Waals surface area contributed by atoms with E-state index in [1.54, 1.807) is 7.05 Å². The molecule has 1 aromatic heterocycles. The number of carbonyl (C=O) groups is 2. The van der Waals surface area contributed by atoms with Crippen molar-refractivity contribution in [1.82, 2.24) is 15.0 Å². The fourth-order valence-electron chi connectivity index (χ4n) is 1.47. The molecule has 19 heavy (non-hydrogen) atoms. The van der Waals surface area contributed by atoms with Crippen molar-refractivity contribution in [2.45, 2.75) is 32.6 Å². The van der Waals surface area contributed by atoms with Crippen LogP contribution in [0.25, 0.3) is 0 Å². The van der Waals surface area contributed by atoms with Gasteiger partial charge in [-0.3, -0.25) is 9.59 Å². The molecule has 7 heteroatoms. The van der Waals surface area contributed by atoms with Gasteiger partial charge in [0.2, 0.25) is 11.8 Å². The molecule has 0 spiro atoms. The highest BCUT2D eigenvalue weighted by Crippen LogP contribution is 2.04. The van der Waals surface area contributed by atoms with Crippen molar-refractivity contribution in [2.75, 3.05) is 20.7 Å². The van der Waals surface area contributed by atoms with Crippen LogP contribution in [0.2, 0.25) is 0 Å². The summed E-state index contributed by atoms with van der Waals surface area (Å²) in [6.45, 7) is 1.97. The second-order valence-electron chi connectivity index (χ2n) is 4.18. The molecule has 1 amide bonds. The Balaban J connectivity index is 2.38. The number of methoxy groups -OCH3 is 1. The van der Waals surface area contributed by atoms with Gasteiger partial charge in [-0.05, 0) is 6.42 Å². The van der Waals surface area contributed by atoms with Crippen molar-refractivity contribution in [3.8, 4) is 0 Å². The van der Waals surface area contributed by atoms with Gasteiger partial charge < -0.3 is 14.2 Å². The predicted molar refractivity (Wildman–Crippen MR) is 66.3 cm³/mol. The molecule has 0 unspecified atom stereocenters. The third-order valence-electron chi connectivity index (χ3n) is 2.56. The predicted octanol–water partition coefficient (Wildman–Crippen LogP) is 0.586. The molecular weight excluding hydrogens is 250 g/mol. The lowest BCUT2D eigenvalue weighted by atomic mass is 10.2. The molecular formula is C12H19N3O4. The van der Waals surface area contributed by atoms with Gasteiger partial charge in [0.05, 0.1) is 7.11 Å². The average molecular weight is 269 g/mol. The molecule has 7 nitrogen and oxygen atoms in total. The monoisotopic (exact) mass is 269 g/mol. The molecule has 0 bridgehead atoms. The third kappa shape index (κ3) is 5.07. The number of aromatic nitrogens is 2. The van der Waals surface area contributed by atoms with Crippen LogP contribution in [0.3, 0.4) is 0 Å². The Labute approximate surface area is 111 Å². The van der Waals surface area contributed by atoms with Crippen molar-refractivity contribution >= 4 is 11.9 Å². The number of rotatable bonds is 7. The maximum Gasteiger partial charge on any atom is 0.325 e. The molecule has 0 aliphatic carbocycles. The van der Waals surface area contributed by atoms with Crippen LogP contribution in [-0.2, 0) is 27.2 Å². The zero-order valence-electron chi connectivity index (χ0n) is 11.5. The maximum atomic E-state index is 11.7. The minimum absolute atomic E-state index is 0.0553. The summed E-state index contributed by atoms with van der Waals surface area (Å²) in [6, 6.07) is 0. The fourth-order valence-corrected chi connectivity index (χ4v) is 1.47. The number of carbonyl (C=O) groups excluding carboxylic acids is 2. The number of esters is 1. The lowest BCUT2D eigenvalue weighted by Gasteiger charge is -2.14. The zero-order valence-corrected chi connectivity index (χ0v) is 11.5. The first kappa shape index (κ1) is 15.1. The van der Waals surface area contributed by atoms with E-state index in [-0.39, 0.29) is 18.9 Å². The van der Waals surface area contributed by atoms with Gasteiger partial charge in [0, 0.05) is 26.3 Å². The highest BCUT2D eigenvalue weighted by molar-refractivity contribution is 5.81. The first-order chi connectivity index (χ1) is 9.06. The lowest BCUT2D eigenvalue weighted by Crippen LogP contribution is -2.32. The van der Waals surface area contributed by atoms with Crippen LogP contribution in [-0.4, -0.2) is 47.6 Å². The number of amides is 1. The Morgan fingerprint density at radius 1 is 1.37 bits per heavy atom. The SMILES string of the molecule is CCCc1noc(CCC(=O)N(C)CC(=O)OC)n1. The first-order valence-electron chi connectivity index (χ1n) is 6.19. The van der Waals surface area contributed by atoms with Crippen LogP contribution < -0.4 is 0 Å². The molecule has 0 atom stereocenters. The van der Waals surface area contributed by atoms with Crippen molar-refractivity contribution in [3.05, 3.63) is 11.7 Å². The first-order valence-corrected chi connectivity index (χ1v) is 6.19. The van der Waals surface area contributed by atoms with Crippen LogP contribution in [0.5, 0.6) is 0 Å². The molecule has 0 saturated carbocycles. The van der Waals surface area contributed by atoms with E-state index in [4.69, 9.17) is 4.52 Å². The highest BCUT2D eigenvalue weighted by atomic mass is 16.5. The summed E-state index contributed by atoms with van der Waals surface area (Å²) < 4.78 is 9.52. The molecule has 0 aliphatic rings. The second-order valence-corrected chi connectivity index (χ2v) is 4.18. The van der Waals surface area contributed by atoms with E-state index >= 15 is 0 Å². The quantitative estimate of drug-likeness (QED) is 0.673. The number of aryl methyl sites for hydroxylation is 2. The lowest BCUT2D eigenvalue weighted by molar-refractivity contribution is -0.146. The molecule has 1 heterocycles. The molecule has 1 aromatic rings. The van der Waals surface area contributed by atoms with Crippen LogP contribution in [0.4, 0.5) is 0 Å². The number of likely N-dealkylation sites (N-methyl/N-ethyl adjacent to an activating group) is 1. The maximum absolute atomic E-state index is 11.7. The molecule has 0 fully saturated rings. The smallest absolute Gasteiger partial charge is 0.325 e. The molecule has 0 radical (unpaired) electrons. The van der Waals surface area contributed by atoms with Crippen molar-refractivity contribution in [1.29, 1.82) is 0 Å². The van der Waals surface area contributed by atoms with E-state index < -0.39 is 5.97 Å². The van der Waals surface area contributed by atoms with E-state index in [1.165, 1.54) is 12.0 Å². The van der Waals surface area contributed by atoms with E-state index in [0.717, 1.165) is 12.8 Å². The van der Waals surface area contributed by atoms with E-state index in [1.807, 2.05) is 6.92 Å². The summed E-state index contributed by atoms with van der Waals surface area (Å²) >= 11 is 0. The van der Waals surface area contributed by atoms with Crippen molar-refractivity contribution < 1.29 is 18.8 Å². The molecule has 0 aromatic carbocycles. The average Bonchev–Trinajstić information content (AvgIpc) is 2.83. The van der Waals surface area contributed by atoms with Crippen LogP contribution in [0.1, 0.15) is 31.5 Å². The molecule has 1 rings (SSSR count). The standard InChI is InChI=1S/C12H19N3O4/c1-4-5-9-13-10(19-14-9)6-7-11(16)15(2)8-12(17)18-3/h4-8H2,1-3H3. The van der Waals surface area contributed by atoms with E-state index in [9.17, 15) is 9.59 Å². The Morgan fingerprint density at radius 2 is 2.11 bits per heavy atom. The molecule has 106 valence electrons. The summed E-state index contributed by atoms with van der Waals surface area (Å²) in [5.41, 5.74) is 0. The summed E-state index contributed by atoms with van der Waals surface area (Å²) in [5.74, 6) is 0.496. The third-order valence-corrected chi connectivity index (χ3v) is 2.56. The van der Waals surface area contributed by atoms with Crippen LogP contribution in [0, 0.1) is 0 Å². The minimum Gasteiger partial charge on any atom is -0.468 e. The van der Waals surface area contributed by atoms with Crippen LogP contribution >= 0.6 is 0 Å². The van der Waals surface area contributed by atoms with E-state index in [0.29, 0.717) is 18.1 Å². The van der Waals surface area contributed by atoms with Gasteiger partial charge in [0.1, 0.15) is 6.54 Å². The largest absolute Gasteiger partial charge is 0.468 e. The fraction of sp³-hybridized carbons (Fsp3) is 0.667. The number of hydrogen-bond donors (Lipinski definition) is 0. The van der Waals surface area contributed by atoms with Gasteiger partial charge in [-0.25, -0.2) is 0 Å². The number of nitrogens with zero attached hydrogens (tertiary/aromatic N) is 3. The summed E-state index contributed by atoms with van der Waals surface area (Å²) in [4.78, 5) is 28.2. The highest BCUT2D eigenvalue weighted by Gasteiger charge is 2.14. The normalized spacial score (nSPS) is 10.3. The van der Waals surface area contributed by atoms with Gasteiger partial charge in [-0.1, -0.05) is 12.1 Å². The summed E-state index contributed by atoms with van der Waals surface area (Å²) in [6.07, 6.45) is 2.31. The minimum atomic E-state index is -0.445. The summed E-state index contributed by atoms with van der Waals surface area (Å²) in [5, 5.41) is 3.81. The number of ether oxygens (including phenoxy) is 1. The molecule has 0 N–H and O–H groups in total. The van der Waals surface area contributed by atoms with Crippen LogP contribution in [0.15, 0.2) is 4.52 Å². The molecule has 0 aliphatic heterocycles. The van der Waals surface area contributed by atoms with E-state index in [2.05, 4.69) is 14.9 Å². The topological polar surface area (TPSA) is 85.5 Å². The Kier molecular flexibility index (Phi) is 5.98. The van der Waals surface area contributed by atoms with Gasteiger partial charge in [-0.15, -0.1) is 0 Å². The van der Waals surface area contributed by atoms with Gasteiger partial charge in [-0.2, -0.15) is 4.98 Å². The van der Waals surface area contributed by atoms with Gasteiger partial charge >= 0.3 is 5.97 Å². The van der Waals surface area contributed by atoms with Gasteiger partial charge in [0.15, 0.2) is 5.82 Å². The van der Waals surface area contributed by atoms with Crippen molar-refractivity contribution in [2.24, 2.45) is 0 Å². The Hall–Kier alpha value is -1.92. The Bertz CT molecular complexity index is 430. The number of hydrogen-bond acceptors (Lipinski definition) is 6.